The molecule has 2 aromatic carbocycles. The van der Waals surface area contributed by atoms with E-state index in [0.29, 0.717) is 38.2 Å². The number of nitrogens with one attached hydrogen (secondary N) is 1. The summed E-state index contributed by atoms with van der Waals surface area (Å²) in [6.45, 7) is 0.202. The van der Waals surface area contributed by atoms with Gasteiger partial charge in [0.1, 0.15) is 4.70 Å². The Balaban J connectivity index is 1.84. The number of hydrogen-bond donors (Lipinski definition) is 1. The number of thiophene rings is 1. The molecule has 7 nitrogen and oxygen atoms in total. The summed E-state index contributed by atoms with van der Waals surface area (Å²) in [6, 6.07) is 11.7. The van der Waals surface area contributed by atoms with Crippen molar-refractivity contribution in [3.63, 3.8) is 0 Å². The van der Waals surface area contributed by atoms with Crippen LogP contribution >= 0.6 is 22.9 Å². The first-order valence-electron chi connectivity index (χ1n) is 10.6. The number of nitrogens with zero attached hydrogens (tertiary/aromatic N) is 3. The minimum Gasteiger partial charge on any atom is -0.494 e. The number of benzene rings is 2. The lowest BCUT2D eigenvalue weighted by Crippen LogP contribution is -2.38. The SMILES string of the molecule is COc1cc(-c2cc3c(s2)c(=O)n(-c2cncc4ccccc24)c(=O)n3CCC=N)c(Cl)cc1F. The van der Waals surface area contributed by atoms with Crippen molar-refractivity contribution < 1.29 is 9.13 Å². The van der Waals surface area contributed by atoms with Crippen LogP contribution in [0, 0.1) is 11.2 Å². The van der Waals surface area contributed by atoms with Crippen molar-refractivity contribution in [3.05, 3.63) is 86.5 Å². The van der Waals surface area contributed by atoms with E-state index in [1.807, 2.05) is 24.3 Å². The van der Waals surface area contributed by atoms with E-state index in [1.54, 1.807) is 12.3 Å². The maximum absolute atomic E-state index is 14.1. The second-order valence-corrected chi connectivity index (χ2v) is 9.20. The Labute approximate surface area is 207 Å². The lowest BCUT2D eigenvalue weighted by Gasteiger charge is -2.12. The summed E-state index contributed by atoms with van der Waals surface area (Å²) in [4.78, 5) is 32.1. The van der Waals surface area contributed by atoms with Crippen LogP contribution in [0.5, 0.6) is 5.75 Å². The van der Waals surface area contributed by atoms with Crippen LogP contribution in [0.1, 0.15) is 6.42 Å². The normalized spacial score (nSPS) is 11.3. The molecule has 0 aliphatic carbocycles. The Bertz CT molecular complexity index is 1740. The quantitative estimate of drug-likeness (QED) is 0.316. The zero-order chi connectivity index (χ0) is 24.7. The van der Waals surface area contributed by atoms with Gasteiger partial charge in [-0.25, -0.2) is 13.8 Å². The number of methoxy groups -OCH3 is 1. The summed E-state index contributed by atoms with van der Waals surface area (Å²) in [5, 5.41) is 9.10. The second-order valence-electron chi connectivity index (χ2n) is 7.74. The van der Waals surface area contributed by atoms with Gasteiger partial charge in [-0.05, 0) is 24.4 Å². The Morgan fingerprint density at radius 3 is 2.77 bits per heavy atom. The number of halogens is 2. The van der Waals surface area contributed by atoms with Gasteiger partial charge in [-0.1, -0.05) is 35.9 Å². The molecule has 3 heterocycles. The molecule has 0 atom stereocenters. The number of ether oxygens (including phenoxy) is 1. The number of pyridine rings is 1. The average molecular weight is 509 g/mol. The van der Waals surface area contributed by atoms with Crippen molar-refractivity contribution in [2.75, 3.05) is 7.11 Å². The zero-order valence-corrected chi connectivity index (χ0v) is 20.0. The van der Waals surface area contributed by atoms with Crippen LogP contribution in [0.15, 0.2) is 64.4 Å². The Morgan fingerprint density at radius 1 is 1.20 bits per heavy atom. The van der Waals surface area contributed by atoms with E-state index in [2.05, 4.69) is 4.98 Å². The fourth-order valence-electron chi connectivity index (χ4n) is 4.06. The van der Waals surface area contributed by atoms with E-state index >= 15 is 0 Å². The third-order valence-corrected chi connectivity index (χ3v) is 7.17. The van der Waals surface area contributed by atoms with Gasteiger partial charge in [0.15, 0.2) is 11.6 Å². The van der Waals surface area contributed by atoms with Crippen LogP contribution in [0.3, 0.4) is 0 Å². The second kappa shape index (κ2) is 9.09. The largest absolute Gasteiger partial charge is 0.494 e. The van der Waals surface area contributed by atoms with E-state index in [1.165, 1.54) is 30.2 Å². The van der Waals surface area contributed by atoms with Gasteiger partial charge in [0.05, 0.1) is 29.5 Å². The van der Waals surface area contributed by atoms with Crippen LogP contribution in [0.25, 0.3) is 37.1 Å². The van der Waals surface area contributed by atoms with Crippen LogP contribution in [0.2, 0.25) is 5.02 Å². The summed E-state index contributed by atoms with van der Waals surface area (Å²) in [5.74, 6) is -0.585. The third-order valence-electron chi connectivity index (χ3n) is 5.71. The summed E-state index contributed by atoms with van der Waals surface area (Å²) in [6.07, 6.45) is 4.68. The maximum atomic E-state index is 14.1. The van der Waals surface area contributed by atoms with Crippen LogP contribution in [0.4, 0.5) is 4.39 Å². The number of aromatic nitrogens is 3. The highest BCUT2D eigenvalue weighted by atomic mass is 35.5. The molecular formula is C25H18ClFN4O3S. The minimum absolute atomic E-state index is 0.0160. The van der Waals surface area contributed by atoms with Gasteiger partial charge in [-0.2, -0.15) is 0 Å². The summed E-state index contributed by atoms with van der Waals surface area (Å²) in [7, 11) is 1.35. The van der Waals surface area contributed by atoms with Crippen molar-refractivity contribution in [1.82, 2.24) is 14.1 Å². The van der Waals surface area contributed by atoms with Crippen molar-refractivity contribution >= 4 is 50.1 Å². The lowest BCUT2D eigenvalue weighted by atomic mass is 10.1. The van der Waals surface area contributed by atoms with Crippen molar-refractivity contribution in [2.24, 2.45) is 0 Å². The van der Waals surface area contributed by atoms with Gasteiger partial charge >= 0.3 is 5.69 Å². The molecule has 0 radical (unpaired) electrons. The monoisotopic (exact) mass is 508 g/mol. The zero-order valence-electron chi connectivity index (χ0n) is 18.4. The molecule has 1 N–H and O–H groups in total. The van der Waals surface area contributed by atoms with Gasteiger partial charge < -0.3 is 10.1 Å². The average Bonchev–Trinajstić information content (AvgIpc) is 3.29. The first-order valence-corrected chi connectivity index (χ1v) is 11.8. The molecule has 0 saturated heterocycles. The highest BCUT2D eigenvalue weighted by Crippen LogP contribution is 2.39. The van der Waals surface area contributed by atoms with Crippen molar-refractivity contribution in [3.8, 4) is 21.9 Å². The molecule has 5 aromatic rings. The molecule has 10 heteroatoms. The Morgan fingerprint density at radius 2 is 2.00 bits per heavy atom. The Hall–Kier alpha value is -3.82. The predicted molar refractivity (Wildman–Crippen MR) is 137 cm³/mol. The minimum atomic E-state index is -0.601. The fourth-order valence-corrected chi connectivity index (χ4v) is 5.49. The number of hydrogen-bond acceptors (Lipinski definition) is 6. The van der Waals surface area contributed by atoms with Gasteiger partial charge in [0.25, 0.3) is 5.56 Å². The van der Waals surface area contributed by atoms with Crippen LogP contribution < -0.4 is 16.0 Å². The van der Waals surface area contributed by atoms with Gasteiger partial charge in [0, 0.05) is 40.4 Å². The lowest BCUT2D eigenvalue weighted by molar-refractivity contribution is 0.387. The first kappa shape index (κ1) is 22.9. The molecular weight excluding hydrogens is 491 g/mol. The van der Waals surface area contributed by atoms with E-state index < -0.39 is 17.1 Å². The van der Waals surface area contributed by atoms with Gasteiger partial charge in [-0.3, -0.25) is 14.3 Å². The van der Waals surface area contributed by atoms with Crippen LogP contribution in [-0.4, -0.2) is 27.4 Å². The molecule has 0 fully saturated rings. The molecule has 5 rings (SSSR count). The topological polar surface area (TPSA) is 90.0 Å². The van der Waals surface area contributed by atoms with E-state index in [-0.39, 0.29) is 17.3 Å². The number of rotatable bonds is 6. The highest BCUT2D eigenvalue weighted by Gasteiger charge is 2.21. The first-order chi connectivity index (χ1) is 16.9. The van der Waals surface area contributed by atoms with Crippen molar-refractivity contribution in [2.45, 2.75) is 13.0 Å². The predicted octanol–water partition coefficient (Wildman–Crippen LogP) is 5.27. The number of fused-ring (bicyclic) bond motifs is 2. The molecule has 3 aromatic heterocycles. The summed E-state index contributed by atoms with van der Waals surface area (Å²) < 4.78 is 22.1. The highest BCUT2D eigenvalue weighted by molar-refractivity contribution is 7.22. The molecule has 0 unspecified atom stereocenters. The third kappa shape index (κ3) is 3.82. The standard InChI is InChI=1S/C25H18ClFN4O3S/c1-34-21-9-16(17(26)10-18(21)27)22-11-19-23(35-22)24(32)31(25(33)30(19)8-4-7-28)20-13-29-12-14-5-2-3-6-15(14)20/h2-3,5-7,9-13,28H,4,8H2,1H3. The van der Waals surface area contributed by atoms with E-state index in [4.69, 9.17) is 21.7 Å². The molecule has 35 heavy (non-hydrogen) atoms. The summed E-state index contributed by atoms with van der Waals surface area (Å²) in [5.41, 5.74) is 0.256. The smallest absolute Gasteiger partial charge is 0.336 e. The van der Waals surface area contributed by atoms with Crippen molar-refractivity contribution in [1.29, 1.82) is 5.41 Å². The molecule has 0 amide bonds. The molecule has 0 aliphatic heterocycles. The fraction of sp³-hybridized carbons (Fsp3) is 0.120. The maximum Gasteiger partial charge on any atom is 0.336 e. The molecule has 176 valence electrons. The van der Waals surface area contributed by atoms with Crippen LogP contribution in [-0.2, 0) is 6.54 Å². The summed E-state index contributed by atoms with van der Waals surface area (Å²) >= 11 is 7.48. The molecule has 0 saturated carbocycles. The molecule has 0 aliphatic rings. The van der Waals surface area contributed by atoms with E-state index in [0.717, 1.165) is 27.4 Å². The van der Waals surface area contributed by atoms with Gasteiger partial charge in [-0.15, -0.1) is 11.3 Å². The molecule has 0 spiro atoms. The van der Waals surface area contributed by atoms with E-state index in [9.17, 15) is 14.0 Å². The number of aryl methyl sites for hydroxylation is 1. The molecule has 0 bridgehead atoms. The van der Waals surface area contributed by atoms with Gasteiger partial charge in [0.2, 0.25) is 0 Å². The Kier molecular flexibility index (Phi) is 5.96.